The number of nitro benzene ring substituents is 1. The smallest absolute Gasteiger partial charge is 0.269 e. The predicted octanol–water partition coefficient (Wildman–Crippen LogP) is 5.20. The van der Waals surface area contributed by atoms with Crippen LogP contribution in [0.4, 0.5) is 11.4 Å². The van der Waals surface area contributed by atoms with Gasteiger partial charge in [-0.1, -0.05) is 41.6 Å². The Labute approximate surface area is 206 Å². The minimum atomic E-state index is -0.467. The highest BCUT2D eigenvalue weighted by molar-refractivity contribution is 7.99. The van der Waals surface area contributed by atoms with Crippen molar-refractivity contribution in [2.24, 2.45) is 0 Å². The molecule has 4 rings (SSSR count). The summed E-state index contributed by atoms with van der Waals surface area (Å²) in [6, 6.07) is 19.8. The Morgan fingerprint density at radius 2 is 1.83 bits per heavy atom. The number of ether oxygens (including phenoxy) is 1. The molecule has 0 radical (unpaired) electrons. The largest absolute Gasteiger partial charge is 0.496 e. The van der Waals surface area contributed by atoms with Crippen molar-refractivity contribution in [3.63, 3.8) is 0 Å². The first-order valence-electron chi connectivity index (χ1n) is 10.7. The number of rotatable bonds is 8. The van der Waals surface area contributed by atoms with Gasteiger partial charge in [-0.3, -0.25) is 19.5 Å². The minimum Gasteiger partial charge on any atom is -0.496 e. The molecule has 1 heterocycles. The maximum atomic E-state index is 12.7. The fourth-order valence-electron chi connectivity index (χ4n) is 3.51. The molecule has 1 N–H and O–H groups in total. The summed E-state index contributed by atoms with van der Waals surface area (Å²) in [6.45, 7) is 3.72. The second-order valence-corrected chi connectivity index (χ2v) is 8.71. The molecule has 1 aromatic heterocycles. The number of methoxy groups -OCH3 is 1. The summed E-state index contributed by atoms with van der Waals surface area (Å²) in [4.78, 5) is 23.2. The first kappa shape index (κ1) is 24.0. The van der Waals surface area contributed by atoms with Gasteiger partial charge in [-0.15, -0.1) is 10.2 Å². The van der Waals surface area contributed by atoms with Crippen molar-refractivity contribution in [3.05, 3.63) is 88.0 Å². The van der Waals surface area contributed by atoms with E-state index < -0.39 is 4.92 Å². The van der Waals surface area contributed by atoms with Crippen LogP contribution in [0, 0.1) is 24.0 Å². The number of nitrogens with zero attached hydrogens (tertiary/aromatic N) is 4. The first-order valence-corrected chi connectivity index (χ1v) is 11.7. The van der Waals surface area contributed by atoms with Gasteiger partial charge in [0.1, 0.15) is 5.75 Å². The number of aryl methyl sites for hydroxylation is 2. The molecule has 35 heavy (non-hydrogen) atoms. The number of nitrogens with one attached hydrogen (secondary N) is 1. The van der Waals surface area contributed by atoms with Crippen molar-refractivity contribution >= 4 is 29.0 Å². The van der Waals surface area contributed by atoms with E-state index in [0.717, 1.165) is 16.8 Å². The van der Waals surface area contributed by atoms with Gasteiger partial charge in [-0.25, -0.2) is 0 Å². The third-order valence-corrected chi connectivity index (χ3v) is 6.23. The van der Waals surface area contributed by atoms with Crippen molar-refractivity contribution < 1.29 is 14.5 Å². The number of benzene rings is 3. The van der Waals surface area contributed by atoms with Crippen molar-refractivity contribution in [1.29, 1.82) is 0 Å². The summed E-state index contributed by atoms with van der Waals surface area (Å²) in [7, 11) is 1.60. The number of nitro groups is 1. The number of thioether (sulfide) groups is 1. The highest BCUT2D eigenvalue weighted by Gasteiger charge is 2.20. The molecule has 0 spiro atoms. The Hall–Kier alpha value is -4.18. The second kappa shape index (κ2) is 10.4. The summed E-state index contributed by atoms with van der Waals surface area (Å²) in [5, 5.41) is 23.1. The molecular weight excluding hydrogens is 466 g/mol. The van der Waals surface area contributed by atoms with Crippen molar-refractivity contribution in [2.45, 2.75) is 19.0 Å². The summed E-state index contributed by atoms with van der Waals surface area (Å²) in [6.07, 6.45) is 0. The quantitative estimate of drug-likeness (QED) is 0.206. The van der Waals surface area contributed by atoms with Gasteiger partial charge in [0.2, 0.25) is 5.91 Å². The Balaban J connectivity index is 1.60. The average Bonchev–Trinajstić information content (AvgIpc) is 3.28. The number of non-ortho nitro benzene ring substituents is 1. The summed E-state index contributed by atoms with van der Waals surface area (Å²) in [5.74, 6) is 1.08. The second-order valence-electron chi connectivity index (χ2n) is 7.77. The van der Waals surface area contributed by atoms with Crippen LogP contribution < -0.4 is 10.1 Å². The number of aromatic nitrogens is 3. The zero-order valence-corrected chi connectivity index (χ0v) is 20.2. The van der Waals surface area contributed by atoms with Crippen LogP contribution in [0.15, 0.2) is 71.9 Å². The molecule has 0 saturated heterocycles. The normalized spacial score (nSPS) is 10.7. The standard InChI is InChI=1S/C25H23N5O4S/c1-16-8-10-18(11-9-16)29-24(20-6-4-5-7-22(20)34-3)27-28-25(29)35-15-23(31)26-21-13-12-19(30(32)33)14-17(21)2/h4-14H,15H2,1-3H3,(H,26,31). The van der Waals surface area contributed by atoms with E-state index in [2.05, 4.69) is 15.5 Å². The van der Waals surface area contributed by atoms with Gasteiger partial charge in [0.25, 0.3) is 5.69 Å². The van der Waals surface area contributed by atoms with Crippen LogP contribution in [-0.4, -0.2) is 38.5 Å². The number of hydrogen-bond acceptors (Lipinski definition) is 7. The van der Waals surface area contributed by atoms with E-state index in [0.29, 0.717) is 28.0 Å². The maximum absolute atomic E-state index is 12.7. The van der Waals surface area contributed by atoms with E-state index in [4.69, 9.17) is 4.74 Å². The molecule has 0 atom stereocenters. The number of anilines is 1. The number of carbonyl (C=O) groups excluding carboxylic acids is 1. The number of hydrogen-bond donors (Lipinski definition) is 1. The fraction of sp³-hybridized carbons (Fsp3) is 0.160. The van der Waals surface area contributed by atoms with Crippen LogP contribution >= 0.6 is 11.8 Å². The van der Waals surface area contributed by atoms with Crippen molar-refractivity contribution in [1.82, 2.24) is 14.8 Å². The molecular formula is C25H23N5O4S. The lowest BCUT2D eigenvalue weighted by Crippen LogP contribution is -2.15. The van der Waals surface area contributed by atoms with E-state index in [9.17, 15) is 14.9 Å². The molecule has 0 saturated carbocycles. The number of amides is 1. The van der Waals surface area contributed by atoms with Crippen LogP contribution in [0.3, 0.4) is 0 Å². The Kier molecular flexibility index (Phi) is 7.11. The minimum absolute atomic E-state index is 0.0232. The van der Waals surface area contributed by atoms with E-state index in [1.54, 1.807) is 14.0 Å². The van der Waals surface area contributed by atoms with E-state index in [1.165, 1.54) is 30.0 Å². The molecule has 0 unspecified atom stereocenters. The van der Waals surface area contributed by atoms with E-state index in [-0.39, 0.29) is 17.3 Å². The monoisotopic (exact) mass is 489 g/mol. The molecule has 10 heteroatoms. The maximum Gasteiger partial charge on any atom is 0.269 e. The molecule has 3 aromatic carbocycles. The summed E-state index contributed by atoms with van der Waals surface area (Å²) in [5.41, 5.74) is 3.86. The van der Waals surface area contributed by atoms with Crippen LogP contribution in [0.2, 0.25) is 0 Å². The van der Waals surface area contributed by atoms with Crippen molar-refractivity contribution in [2.75, 3.05) is 18.2 Å². The predicted molar refractivity (Wildman–Crippen MR) is 135 cm³/mol. The molecule has 0 aliphatic rings. The third kappa shape index (κ3) is 5.33. The molecule has 4 aromatic rings. The Morgan fingerprint density at radius 3 is 2.51 bits per heavy atom. The molecule has 178 valence electrons. The van der Waals surface area contributed by atoms with Gasteiger partial charge in [0.05, 0.1) is 23.3 Å². The van der Waals surface area contributed by atoms with Crippen LogP contribution in [0.25, 0.3) is 17.1 Å². The Bertz CT molecular complexity index is 1390. The Morgan fingerprint density at radius 1 is 1.09 bits per heavy atom. The zero-order chi connectivity index (χ0) is 24.9. The number of para-hydroxylation sites is 1. The van der Waals surface area contributed by atoms with E-state index >= 15 is 0 Å². The lowest BCUT2D eigenvalue weighted by atomic mass is 10.1. The zero-order valence-electron chi connectivity index (χ0n) is 19.4. The van der Waals surface area contributed by atoms with Gasteiger partial charge < -0.3 is 10.1 Å². The third-order valence-electron chi connectivity index (χ3n) is 5.30. The molecule has 0 aliphatic carbocycles. The lowest BCUT2D eigenvalue weighted by Gasteiger charge is -2.13. The highest BCUT2D eigenvalue weighted by Crippen LogP contribution is 2.33. The fourth-order valence-corrected chi connectivity index (χ4v) is 4.26. The molecule has 0 aliphatic heterocycles. The first-order chi connectivity index (χ1) is 16.9. The van der Waals surface area contributed by atoms with Gasteiger partial charge in [0.15, 0.2) is 11.0 Å². The SMILES string of the molecule is COc1ccccc1-c1nnc(SCC(=O)Nc2ccc([N+](=O)[O-])cc2C)n1-c1ccc(C)cc1. The van der Waals surface area contributed by atoms with Gasteiger partial charge in [-0.2, -0.15) is 0 Å². The van der Waals surface area contributed by atoms with Crippen LogP contribution in [0.5, 0.6) is 5.75 Å². The topological polar surface area (TPSA) is 112 Å². The van der Waals surface area contributed by atoms with Gasteiger partial charge in [-0.05, 0) is 49.7 Å². The molecule has 0 bridgehead atoms. The summed E-state index contributed by atoms with van der Waals surface area (Å²) >= 11 is 1.24. The average molecular weight is 490 g/mol. The van der Waals surface area contributed by atoms with E-state index in [1.807, 2.05) is 60.0 Å². The van der Waals surface area contributed by atoms with Gasteiger partial charge in [0, 0.05) is 23.5 Å². The van der Waals surface area contributed by atoms with Crippen LogP contribution in [0.1, 0.15) is 11.1 Å². The molecule has 0 fully saturated rings. The van der Waals surface area contributed by atoms with Crippen molar-refractivity contribution in [3.8, 4) is 22.8 Å². The lowest BCUT2D eigenvalue weighted by molar-refractivity contribution is -0.384. The molecule has 1 amide bonds. The highest BCUT2D eigenvalue weighted by atomic mass is 32.2. The number of carbonyl (C=O) groups is 1. The summed E-state index contributed by atoms with van der Waals surface area (Å²) < 4.78 is 7.42. The van der Waals surface area contributed by atoms with Gasteiger partial charge >= 0.3 is 0 Å². The van der Waals surface area contributed by atoms with Crippen LogP contribution in [-0.2, 0) is 4.79 Å². The molecule has 9 nitrogen and oxygen atoms in total.